The second-order valence-corrected chi connectivity index (χ2v) is 11.7. The molecule has 0 unspecified atom stereocenters. The molecule has 0 saturated heterocycles. The first-order valence-corrected chi connectivity index (χ1v) is 10.2. The van der Waals surface area contributed by atoms with Crippen LogP contribution >= 0.6 is 0 Å². The Hall–Kier alpha value is -1.28. The highest BCUT2D eigenvalue weighted by Crippen LogP contribution is 2.38. The SMILES string of the molecule is C[C@@H](CN=[N+]=N)[C@@H](O[Si](C)(C)C(C)(C)C)[C@@H](CO)NC(=O)[O-]. The summed E-state index contributed by atoms with van der Waals surface area (Å²) in [5, 5.41) is 26.1. The number of hydrogen-bond acceptors (Lipinski definition) is 6. The van der Waals surface area contributed by atoms with Crippen LogP contribution in [0.2, 0.25) is 18.1 Å². The summed E-state index contributed by atoms with van der Waals surface area (Å²) < 4.78 is 6.28. The van der Waals surface area contributed by atoms with Crippen molar-refractivity contribution in [2.24, 2.45) is 11.0 Å². The largest absolute Gasteiger partial charge is 0.530 e. The van der Waals surface area contributed by atoms with Crippen LogP contribution in [-0.2, 0) is 4.43 Å². The number of hydrogen-bond donors (Lipinski definition) is 3. The maximum atomic E-state index is 10.8. The zero-order chi connectivity index (χ0) is 17.6. The Bertz CT molecular complexity index is 419. The van der Waals surface area contributed by atoms with E-state index in [0.717, 1.165) is 0 Å². The van der Waals surface area contributed by atoms with Crippen LogP contribution in [0.15, 0.2) is 5.11 Å². The summed E-state index contributed by atoms with van der Waals surface area (Å²) in [5.74, 6) is -0.216. The lowest BCUT2D eigenvalue weighted by molar-refractivity contribution is -0.252. The zero-order valence-electron chi connectivity index (χ0n) is 14.2. The highest BCUT2D eigenvalue weighted by molar-refractivity contribution is 6.74. The molecule has 0 aromatic carbocycles. The molecule has 1 amide bonds. The molecule has 0 aromatic heterocycles. The Morgan fingerprint density at radius 2 is 2.05 bits per heavy atom. The molecular weight excluding hydrogens is 304 g/mol. The van der Waals surface area contributed by atoms with Crippen molar-refractivity contribution in [1.29, 1.82) is 5.53 Å². The average Bonchev–Trinajstić information content (AvgIpc) is 2.38. The molecule has 0 radical (unpaired) electrons. The van der Waals surface area contributed by atoms with Gasteiger partial charge in [-0.05, 0) is 18.1 Å². The van der Waals surface area contributed by atoms with Crippen LogP contribution in [0, 0.1) is 11.4 Å². The van der Waals surface area contributed by atoms with Gasteiger partial charge >= 0.3 is 0 Å². The molecule has 22 heavy (non-hydrogen) atoms. The molecule has 0 spiro atoms. The number of carbonyl (C=O) groups excluding carboxylic acids is 1. The van der Waals surface area contributed by atoms with Crippen LogP contribution in [0.3, 0.4) is 0 Å². The molecule has 8 nitrogen and oxygen atoms in total. The molecule has 0 aliphatic carbocycles. The molecule has 0 fully saturated rings. The van der Waals surface area contributed by atoms with Crippen molar-refractivity contribution in [2.45, 2.75) is 58.0 Å². The molecule has 0 heterocycles. The molecule has 0 saturated carbocycles. The predicted octanol–water partition coefficient (Wildman–Crippen LogP) is 0.857. The molecule has 0 aliphatic rings. The molecule has 3 atom stereocenters. The van der Waals surface area contributed by atoms with Crippen molar-refractivity contribution >= 4 is 14.4 Å². The van der Waals surface area contributed by atoms with E-state index < -0.39 is 33.2 Å². The van der Waals surface area contributed by atoms with Gasteiger partial charge in [0.1, 0.15) is 23.3 Å². The summed E-state index contributed by atoms with van der Waals surface area (Å²) in [5.41, 5.74) is 6.74. The van der Waals surface area contributed by atoms with E-state index in [9.17, 15) is 15.0 Å². The van der Waals surface area contributed by atoms with E-state index in [1.54, 1.807) is 0 Å². The Kier molecular flexibility index (Phi) is 7.89. The number of aliphatic hydroxyl groups is 1. The number of aliphatic hydroxyl groups excluding tert-OH is 1. The third kappa shape index (κ3) is 6.23. The highest BCUT2D eigenvalue weighted by atomic mass is 28.4. The second kappa shape index (κ2) is 8.38. The van der Waals surface area contributed by atoms with Gasteiger partial charge in [0.25, 0.3) is 0 Å². The van der Waals surface area contributed by atoms with Crippen molar-refractivity contribution in [1.82, 2.24) is 10.2 Å². The first-order chi connectivity index (χ1) is 9.96. The molecule has 0 bridgehead atoms. The van der Waals surface area contributed by atoms with Crippen LogP contribution in [0.4, 0.5) is 4.79 Å². The maximum Gasteiger partial charge on any atom is 0.214 e. The van der Waals surface area contributed by atoms with Gasteiger partial charge in [0, 0.05) is 5.92 Å². The second-order valence-electron chi connectivity index (χ2n) is 6.96. The van der Waals surface area contributed by atoms with Crippen LogP contribution in [0.5, 0.6) is 0 Å². The van der Waals surface area contributed by atoms with Gasteiger partial charge in [0.05, 0.1) is 18.8 Å². The number of nitrogens with zero attached hydrogens (tertiary/aromatic N) is 2. The topological polar surface area (TPSA) is 132 Å². The molecule has 9 heteroatoms. The van der Waals surface area contributed by atoms with Crippen LogP contribution in [-0.4, -0.2) is 44.8 Å². The minimum Gasteiger partial charge on any atom is -0.530 e. The Morgan fingerprint density at radius 1 is 1.50 bits per heavy atom. The highest BCUT2D eigenvalue weighted by Gasteiger charge is 2.42. The fourth-order valence-corrected chi connectivity index (χ4v) is 3.20. The molecule has 0 aliphatic heterocycles. The Labute approximate surface area is 132 Å². The summed E-state index contributed by atoms with van der Waals surface area (Å²) in [6.45, 7) is 12.0. The standard InChI is InChI=1S/C13H28N4O4Si/c1-9(7-15-17-14)11(10(8-18)16-12(19)20)21-22(5,6)13(2,3)4/h9-11,14,16,18H,7-8H2,1-6H3/t9-,10+,11+/m0/s1. The Balaban J connectivity index is 5.39. The van der Waals surface area contributed by atoms with Crippen molar-refractivity contribution in [2.75, 3.05) is 13.2 Å². The van der Waals surface area contributed by atoms with Crippen molar-refractivity contribution in [3.63, 3.8) is 0 Å². The van der Waals surface area contributed by atoms with Gasteiger partial charge in [0.15, 0.2) is 8.32 Å². The van der Waals surface area contributed by atoms with Gasteiger partial charge < -0.3 is 24.8 Å². The zero-order valence-corrected chi connectivity index (χ0v) is 15.2. The van der Waals surface area contributed by atoms with Crippen molar-refractivity contribution < 1.29 is 19.4 Å². The summed E-state index contributed by atoms with van der Waals surface area (Å²) in [4.78, 5) is 13.8. The summed E-state index contributed by atoms with van der Waals surface area (Å²) in [6.07, 6.45) is -2.04. The number of carboxylic acid groups (broad SMARTS) is 1. The van der Waals surface area contributed by atoms with Gasteiger partial charge in [-0.1, -0.05) is 27.7 Å². The fraction of sp³-hybridized carbons (Fsp3) is 0.923. The third-order valence-corrected chi connectivity index (χ3v) is 8.61. The fourth-order valence-electron chi connectivity index (χ4n) is 1.77. The first kappa shape index (κ1) is 20.7. The van der Waals surface area contributed by atoms with Gasteiger partial charge in [-0.2, -0.15) is 0 Å². The van der Waals surface area contributed by atoms with E-state index >= 15 is 0 Å². The van der Waals surface area contributed by atoms with E-state index in [1.807, 2.05) is 20.0 Å². The van der Waals surface area contributed by atoms with Crippen LogP contribution in [0.25, 0.3) is 0 Å². The van der Waals surface area contributed by atoms with Gasteiger partial charge in [-0.3, -0.25) is 0 Å². The van der Waals surface area contributed by atoms with E-state index in [2.05, 4.69) is 36.1 Å². The van der Waals surface area contributed by atoms with E-state index in [1.165, 1.54) is 0 Å². The summed E-state index contributed by atoms with van der Waals surface area (Å²) >= 11 is 0. The maximum absolute atomic E-state index is 10.8. The molecule has 3 N–H and O–H groups in total. The van der Waals surface area contributed by atoms with Crippen molar-refractivity contribution in [3.05, 3.63) is 0 Å². The van der Waals surface area contributed by atoms with Crippen LogP contribution in [0.1, 0.15) is 27.7 Å². The Morgan fingerprint density at radius 3 is 2.41 bits per heavy atom. The minimum absolute atomic E-state index is 0.0661. The molecular formula is C13H28N4O4Si. The third-order valence-electron chi connectivity index (χ3n) is 4.13. The van der Waals surface area contributed by atoms with Crippen LogP contribution < -0.4 is 15.3 Å². The van der Waals surface area contributed by atoms with Crippen molar-refractivity contribution in [3.8, 4) is 0 Å². The van der Waals surface area contributed by atoms with E-state index in [-0.39, 0.29) is 17.5 Å². The normalized spacial score (nSPS) is 16.3. The lowest BCUT2D eigenvalue weighted by Crippen LogP contribution is -2.57. The minimum atomic E-state index is -2.18. The summed E-state index contributed by atoms with van der Waals surface area (Å²) in [6, 6.07) is -0.810. The number of rotatable bonds is 8. The van der Waals surface area contributed by atoms with Gasteiger partial charge in [-0.25, -0.2) is 0 Å². The van der Waals surface area contributed by atoms with Gasteiger partial charge in [0.2, 0.25) is 4.91 Å². The smallest absolute Gasteiger partial charge is 0.214 e. The monoisotopic (exact) mass is 332 g/mol. The molecule has 0 rings (SSSR count). The van der Waals surface area contributed by atoms with Gasteiger partial charge in [-0.15, -0.1) is 0 Å². The number of carbonyl (C=O) groups is 1. The lowest BCUT2D eigenvalue weighted by atomic mass is 9.98. The number of nitrogens with one attached hydrogen (secondary N) is 2. The summed E-state index contributed by atoms with van der Waals surface area (Å²) in [7, 11) is -2.18. The molecule has 0 aromatic rings. The van der Waals surface area contributed by atoms with E-state index in [0.29, 0.717) is 0 Å². The first-order valence-electron chi connectivity index (χ1n) is 7.25. The lowest BCUT2D eigenvalue weighted by Gasteiger charge is -2.43. The van der Waals surface area contributed by atoms with E-state index in [4.69, 9.17) is 9.96 Å². The average molecular weight is 332 g/mol. The predicted molar refractivity (Wildman–Crippen MR) is 82.8 cm³/mol. The molecule has 128 valence electrons. The number of amides is 1. The quantitative estimate of drug-likeness (QED) is 0.345.